The Morgan fingerprint density at radius 2 is 1.91 bits per heavy atom. The molecular formula is C24H29ClN6O2. The van der Waals surface area contributed by atoms with Crippen molar-refractivity contribution in [3.63, 3.8) is 0 Å². The molecule has 33 heavy (non-hydrogen) atoms. The van der Waals surface area contributed by atoms with Crippen LogP contribution in [-0.2, 0) is 17.8 Å². The summed E-state index contributed by atoms with van der Waals surface area (Å²) in [6.07, 6.45) is 7.63. The number of carbonyl (C=O) groups excluding carboxylic acids is 1. The molecule has 0 bridgehead atoms. The second-order valence-electron chi connectivity index (χ2n) is 9.91. The minimum absolute atomic E-state index is 0.301. The average molecular weight is 469 g/mol. The highest BCUT2D eigenvalue weighted by molar-refractivity contribution is 6.30. The quantitative estimate of drug-likeness (QED) is 0.512. The summed E-state index contributed by atoms with van der Waals surface area (Å²) >= 11 is 6.33. The van der Waals surface area contributed by atoms with Gasteiger partial charge in [-0.2, -0.15) is 5.10 Å². The van der Waals surface area contributed by atoms with E-state index in [1.54, 1.807) is 4.90 Å². The Hall–Kier alpha value is -2.87. The summed E-state index contributed by atoms with van der Waals surface area (Å²) in [5.74, 6) is 2.00. The molecule has 2 aromatic heterocycles. The maximum Gasteiger partial charge on any atom is 0.411 e. The summed E-state index contributed by atoms with van der Waals surface area (Å²) in [6.45, 7) is 6.34. The van der Waals surface area contributed by atoms with E-state index in [2.05, 4.69) is 24.5 Å². The minimum Gasteiger partial charge on any atom is -0.444 e. The zero-order chi connectivity index (χ0) is 23.2. The molecule has 0 unspecified atom stereocenters. The number of hydrogen-bond acceptors (Lipinski definition) is 5. The summed E-state index contributed by atoms with van der Waals surface area (Å²) in [4.78, 5) is 14.6. The van der Waals surface area contributed by atoms with Crippen molar-refractivity contribution in [2.75, 3.05) is 0 Å². The number of halogens is 1. The summed E-state index contributed by atoms with van der Waals surface area (Å²) in [6, 6.07) is 8.20. The highest BCUT2D eigenvalue weighted by Gasteiger charge is 2.33. The van der Waals surface area contributed by atoms with Crippen LogP contribution in [0.4, 0.5) is 4.79 Å². The van der Waals surface area contributed by atoms with Gasteiger partial charge in [-0.15, -0.1) is 10.2 Å². The Kier molecular flexibility index (Phi) is 5.64. The standard InChI is InChI=1S/C24H29ClN6O2/c1-24(2,3)33-23(32)29-14-17-13-18(25)7-10-20(17)31-21(15-29)27-28-22(31)16-5-8-19(9-6-16)30-12-4-11-26-30/h4,7,10-13,16,19H,5-6,8-9,14-15H2,1-3H3/t16-,19+. The normalized spacial score (nSPS) is 20.7. The number of amides is 1. The fraction of sp³-hybridized carbons (Fsp3) is 0.500. The molecule has 3 heterocycles. The van der Waals surface area contributed by atoms with Gasteiger partial charge in [0.2, 0.25) is 0 Å². The van der Waals surface area contributed by atoms with Crippen molar-refractivity contribution in [2.45, 2.75) is 77.1 Å². The smallest absolute Gasteiger partial charge is 0.411 e. The number of hydrogen-bond donors (Lipinski definition) is 0. The molecule has 2 aliphatic rings. The number of fused-ring (bicyclic) bond motifs is 3. The van der Waals surface area contributed by atoms with Gasteiger partial charge in [0.1, 0.15) is 11.4 Å². The van der Waals surface area contributed by atoms with Crippen molar-refractivity contribution in [1.29, 1.82) is 0 Å². The van der Waals surface area contributed by atoms with Gasteiger partial charge in [0.25, 0.3) is 0 Å². The molecule has 0 saturated heterocycles. The first-order valence-electron chi connectivity index (χ1n) is 11.5. The lowest BCUT2D eigenvalue weighted by Crippen LogP contribution is -2.35. The Bertz CT molecular complexity index is 1140. The topological polar surface area (TPSA) is 78.1 Å². The summed E-state index contributed by atoms with van der Waals surface area (Å²) in [5.41, 5.74) is 1.36. The van der Waals surface area contributed by atoms with Crippen LogP contribution in [0.25, 0.3) is 5.69 Å². The molecule has 1 amide bonds. The van der Waals surface area contributed by atoms with Gasteiger partial charge >= 0.3 is 6.09 Å². The predicted molar refractivity (Wildman–Crippen MR) is 124 cm³/mol. The lowest BCUT2D eigenvalue weighted by molar-refractivity contribution is 0.0214. The first-order valence-corrected chi connectivity index (χ1v) is 11.9. The fourth-order valence-electron chi connectivity index (χ4n) is 4.84. The van der Waals surface area contributed by atoms with Crippen LogP contribution in [0.5, 0.6) is 0 Å². The zero-order valence-corrected chi connectivity index (χ0v) is 20.0. The van der Waals surface area contributed by atoms with E-state index in [1.165, 1.54) is 0 Å². The number of ether oxygens (including phenoxy) is 1. The molecule has 1 saturated carbocycles. The molecule has 0 N–H and O–H groups in total. The summed E-state index contributed by atoms with van der Waals surface area (Å²) < 4.78 is 9.85. The third-order valence-corrected chi connectivity index (χ3v) is 6.58. The Morgan fingerprint density at radius 3 is 2.61 bits per heavy atom. The maximum absolute atomic E-state index is 12.9. The minimum atomic E-state index is -0.577. The molecule has 5 rings (SSSR count). The lowest BCUT2D eigenvalue weighted by Gasteiger charge is -2.28. The average Bonchev–Trinajstić information content (AvgIpc) is 3.40. The van der Waals surface area contributed by atoms with Crippen molar-refractivity contribution in [2.24, 2.45) is 0 Å². The maximum atomic E-state index is 12.9. The highest BCUT2D eigenvalue weighted by Crippen LogP contribution is 2.39. The van der Waals surface area contributed by atoms with Gasteiger partial charge in [-0.05, 0) is 76.3 Å². The van der Waals surface area contributed by atoms with E-state index in [0.29, 0.717) is 30.1 Å². The van der Waals surface area contributed by atoms with Crippen molar-refractivity contribution >= 4 is 17.7 Å². The van der Waals surface area contributed by atoms with E-state index >= 15 is 0 Å². The molecule has 8 nitrogen and oxygen atoms in total. The summed E-state index contributed by atoms with van der Waals surface area (Å²) in [7, 11) is 0. The second kappa shape index (κ2) is 8.48. The molecular weight excluding hydrogens is 440 g/mol. The molecule has 1 fully saturated rings. The molecule has 9 heteroatoms. The van der Waals surface area contributed by atoms with Crippen LogP contribution in [-0.4, -0.2) is 41.1 Å². The van der Waals surface area contributed by atoms with E-state index in [-0.39, 0.29) is 6.09 Å². The van der Waals surface area contributed by atoms with Gasteiger partial charge < -0.3 is 4.74 Å². The number of carbonyl (C=O) groups is 1. The Labute approximate surface area is 198 Å². The van der Waals surface area contributed by atoms with Crippen molar-refractivity contribution < 1.29 is 9.53 Å². The number of aromatic nitrogens is 5. The van der Waals surface area contributed by atoms with Crippen LogP contribution in [0.1, 0.15) is 75.6 Å². The third-order valence-electron chi connectivity index (χ3n) is 6.34. The lowest BCUT2D eigenvalue weighted by atomic mass is 9.85. The molecule has 0 atom stereocenters. The first-order chi connectivity index (χ1) is 15.8. The van der Waals surface area contributed by atoms with Gasteiger partial charge in [-0.25, -0.2) is 4.79 Å². The third kappa shape index (κ3) is 4.49. The SMILES string of the molecule is CC(C)(C)OC(=O)N1Cc2cc(Cl)ccc2-n2c(nnc2[C@H]2CC[C@@H](n3cccn3)CC2)C1. The van der Waals surface area contributed by atoms with Crippen LogP contribution in [0.2, 0.25) is 5.02 Å². The first kappa shape index (κ1) is 21.9. The second-order valence-corrected chi connectivity index (χ2v) is 10.3. The van der Waals surface area contributed by atoms with Crippen LogP contribution in [0, 0.1) is 0 Å². The van der Waals surface area contributed by atoms with Crippen LogP contribution < -0.4 is 0 Å². The molecule has 174 valence electrons. The largest absolute Gasteiger partial charge is 0.444 e. The number of nitrogens with zero attached hydrogens (tertiary/aromatic N) is 6. The van der Waals surface area contributed by atoms with E-state index < -0.39 is 5.60 Å². The van der Waals surface area contributed by atoms with E-state index in [1.807, 2.05) is 57.4 Å². The number of rotatable bonds is 2. The van der Waals surface area contributed by atoms with Crippen LogP contribution in [0.15, 0.2) is 36.7 Å². The van der Waals surface area contributed by atoms with Gasteiger partial charge in [-0.3, -0.25) is 14.1 Å². The zero-order valence-electron chi connectivity index (χ0n) is 19.2. The number of benzene rings is 1. The van der Waals surface area contributed by atoms with E-state index in [0.717, 1.165) is 48.6 Å². The molecule has 0 radical (unpaired) electrons. The highest BCUT2D eigenvalue weighted by atomic mass is 35.5. The fourth-order valence-corrected chi connectivity index (χ4v) is 5.04. The summed E-state index contributed by atoms with van der Waals surface area (Å²) in [5, 5.41) is 14.2. The Balaban J connectivity index is 1.46. The van der Waals surface area contributed by atoms with Crippen molar-refractivity contribution in [3.05, 3.63) is 58.9 Å². The molecule has 1 aliphatic carbocycles. The molecule has 3 aromatic rings. The van der Waals surface area contributed by atoms with Gasteiger partial charge in [-0.1, -0.05) is 11.6 Å². The van der Waals surface area contributed by atoms with E-state index in [4.69, 9.17) is 16.3 Å². The van der Waals surface area contributed by atoms with Crippen LogP contribution in [0.3, 0.4) is 0 Å². The van der Waals surface area contributed by atoms with Gasteiger partial charge in [0.05, 0.1) is 24.8 Å². The monoisotopic (exact) mass is 468 g/mol. The van der Waals surface area contributed by atoms with Gasteiger partial charge in [0.15, 0.2) is 5.82 Å². The Morgan fingerprint density at radius 1 is 1.12 bits per heavy atom. The molecule has 0 spiro atoms. The predicted octanol–water partition coefficient (Wildman–Crippen LogP) is 5.27. The van der Waals surface area contributed by atoms with Crippen molar-refractivity contribution in [1.82, 2.24) is 29.4 Å². The molecule has 1 aliphatic heterocycles. The van der Waals surface area contributed by atoms with Gasteiger partial charge in [0, 0.05) is 23.3 Å². The van der Waals surface area contributed by atoms with Crippen LogP contribution >= 0.6 is 11.6 Å². The molecule has 1 aromatic carbocycles. The van der Waals surface area contributed by atoms with E-state index in [9.17, 15) is 4.79 Å². The van der Waals surface area contributed by atoms with Crippen molar-refractivity contribution in [3.8, 4) is 5.69 Å².